The third-order valence-electron chi connectivity index (χ3n) is 13.0. The molecular weight excluding hydrogens is 869 g/mol. The van der Waals surface area contributed by atoms with Gasteiger partial charge >= 0.3 is 23.9 Å². The monoisotopic (exact) mass is 953 g/mol. The molecule has 0 spiro atoms. The predicted octanol–water partition coefficient (Wildman–Crippen LogP) is 5.98. The van der Waals surface area contributed by atoms with Gasteiger partial charge in [-0.2, -0.15) is 0 Å². The topological polar surface area (TPSA) is 194 Å². The predicted molar refractivity (Wildman–Crippen MR) is 260 cm³/mol. The first-order valence-corrected chi connectivity index (χ1v) is 24.5. The van der Waals surface area contributed by atoms with Crippen LogP contribution in [-0.2, 0) is 38.1 Å². The molecule has 0 bridgehead atoms. The van der Waals surface area contributed by atoms with Gasteiger partial charge in [0.15, 0.2) is 0 Å². The average molecular weight is 953 g/mol. The van der Waals surface area contributed by atoms with Gasteiger partial charge in [0.2, 0.25) is 0 Å². The molecule has 4 aliphatic heterocycles. The maximum absolute atomic E-state index is 14.9. The van der Waals surface area contributed by atoms with Crippen LogP contribution in [0.5, 0.6) is 0 Å². The number of amides is 2. The van der Waals surface area contributed by atoms with E-state index < -0.39 is 86.3 Å². The van der Waals surface area contributed by atoms with Gasteiger partial charge in [-0.15, -0.1) is 0 Å². The van der Waals surface area contributed by atoms with E-state index in [0.717, 1.165) is 9.80 Å². The van der Waals surface area contributed by atoms with Crippen molar-refractivity contribution in [2.45, 2.75) is 231 Å². The van der Waals surface area contributed by atoms with E-state index in [0.29, 0.717) is 51.4 Å². The van der Waals surface area contributed by atoms with E-state index in [9.17, 15) is 28.8 Å². The van der Waals surface area contributed by atoms with Crippen molar-refractivity contribution in [1.29, 1.82) is 0 Å². The van der Waals surface area contributed by atoms with Crippen molar-refractivity contribution < 1.29 is 47.7 Å². The molecule has 4 saturated heterocycles. The fourth-order valence-corrected chi connectivity index (χ4v) is 12.4. The fourth-order valence-electron chi connectivity index (χ4n) is 12.4. The van der Waals surface area contributed by atoms with Gasteiger partial charge < -0.3 is 50.0 Å². The molecule has 4 fully saturated rings. The van der Waals surface area contributed by atoms with Crippen LogP contribution in [0.15, 0.2) is 24.3 Å². The molecule has 4 N–H and O–H groups in total. The summed E-state index contributed by atoms with van der Waals surface area (Å²) in [6, 6.07) is 5.96. The Morgan fingerprint density at radius 1 is 0.382 bits per heavy atom. The maximum Gasteiger partial charge on any atom is 0.325 e. The van der Waals surface area contributed by atoms with E-state index >= 15 is 0 Å². The molecule has 5 rings (SSSR count). The summed E-state index contributed by atoms with van der Waals surface area (Å²) in [5, 5.41) is 14.3. The van der Waals surface area contributed by atoms with Gasteiger partial charge in [-0.05, 0) is 123 Å². The zero-order valence-corrected chi connectivity index (χ0v) is 44.1. The van der Waals surface area contributed by atoms with Gasteiger partial charge in [0.05, 0.1) is 11.1 Å². The van der Waals surface area contributed by atoms with Crippen molar-refractivity contribution in [1.82, 2.24) is 31.1 Å². The minimum absolute atomic E-state index is 0.151. The molecular formula is C52H84N6O10. The first kappa shape index (κ1) is 54.8. The summed E-state index contributed by atoms with van der Waals surface area (Å²) < 4.78 is 24.1. The Morgan fingerprint density at radius 3 is 0.735 bits per heavy atom. The second-order valence-electron chi connectivity index (χ2n) is 25.5. The highest BCUT2D eigenvalue weighted by Crippen LogP contribution is 2.34. The van der Waals surface area contributed by atoms with Crippen LogP contribution in [0.2, 0.25) is 0 Å². The summed E-state index contributed by atoms with van der Waals surface area (Å²) >= 11 is 0. The number of nitrogens with zero attached hydrogens (tertiary/aromatic N) is 2. The van der Waals surface area contributed by atoms with Crippen molar-refractivity contribution in [3.8, 4) is 0 Å². The van der Waals surface area contributed by atoms with Gasteiger partial charge in [-0.25, -0.2) is 0 Å². The second-order valence-corrected chi connectivity index (χ2v) is 25.5. The van der Waals surface area contributed by atoms with Gasteiger partial charge in [-0.3, -0.25) is 28.8 Å². The third-order valence-corrected chi connectivity index (χ3v) is 13.0. The number of carbonyl (C=O) groups is 6. The molecule has 0 atom stereocenters. The smallest absolute Gasteiger partial charge is 0.325 e. The highest BCUT2D eigenvalue weighted by Gasteiger charge is 2.44. The quantitative estimate of drug-likeness (QED) is 0.126. The van der Waals surface area contributed by atoms with Gasteiger partial charge in [0.1, 0.15) is 50.6 Å². The van der Waals surface area contributed by atoms with Crippen LogP contribution in [0.3, 0.4) is 0 Å². The lowest BCUT2D eigenvalue weighted by Crippen LogP contribution is -2.60. The third kappa shape index (κ3) is 16.2. The van der Waals surface area contributed by atoms with E-state index in [2.05, 4.69) is 21.3 Å². The van der Waals surface area contributed by atoms with Crippen LogP contribution in [0, 0.1) is 0 Å². The van der Waals surface area contributed by atoms with Crippen molar-refractivity contribution in [2.24, 2.45) is 0 Å². The van der Waals surface area contributed by atoms with Crippen molar-refractivity contribution in [2.75, 3.05) is 26.2 Å². The number of piperidine rings is 4. The summed E-state index contributed by atoms with van der Waals surface area (Å²) in [5.41, 5.74) is -3.02. The van der Waals surface area contributed by atoms with Crippen LogP contribution < -0.4 is 21.3 Å². The average Bonchev–Trinajstić information content (AvgIpc) is 3.08. The molecule has 16 heteroatoms. The molecule has 4 aliphatic rings. The number of benzene rings is 1. The fraction of sp³-hybridized carbons (Fsp3) is 0.769. The van der Waals surface area contributed by atoms with Gasteiger partial charge in [0.25, 0.3) is 11.8 Å². The van der Waals surface area contributed by atoms with Gasteiger partial charge in [0, 0.05) is 95.7 Å². The normalized spacial score (nSPS) is 23.9. The van der Waals surface area contributed by atoms with E-state index in [1.165, 1.54) is 12.1 Å². The molecule has 0 radical (unpaired) electrons. The number of ether oxygens (including phenoxy) is 4. The Hall–Kier alpha value is -4.12. The standard InChI is InChI=1S/C52H84N6O10/c1-45(2)21-33(22-46(3,4)53-45)65-39(59)29-57(30-40(60)66-34-23-47(5,6)54-48(7,8)24-34)43(63)37-19-17-18-20-38(37)44(64)58(31-41(61)67-35-25-49(9,10)55-50(11,12)26-35)32-42(62)68-36-27-51(13,14)56-52(15,16)28-36/h17-20,33-36,53-56H,21-32H2,1-16H3. The Balaban J connectivity index is 1.44. The molecule has 2 amide bonds. The first-order chi connectivity index (χ1) is 30.9. The van der Waals surface area contributed by atoms with Crippen LogP contribution in [-0.4, -0.2) is 140 Å². The van der Waals surface area contributed by atoms with Crippen LogP contribution in [0.25, 0.3) is 0 Å². The summed E-state index contributed by atoms with van der Waals surface area (Å²) in [6.45, 7) is 30.1. The molecule has 4 heterocycles. The molecule has 1 aromatic rings. The molecule has 0 aromatic heterocycles. The van der Waals surface area contributed by atoms with Crippen LogP contribution >= 0.6 is 0 Å². The van der Waals surface area contributed by atoms with E-state index in [-0.39, 0.29) is 55.4 Å². The Labute approximate surface area is 405 Å². The summed E-state index contributed by atoms with van der Waals surface area (Å²) in [7, 11) is 0. The summed E-state index contributed by atoms with van der Waals surface area (Å²) in [6.07, 6.45) is 2.33. The number of nitrogens with one attached hydrogen (secondary N) is 4. The number of carbonyl (C=O) groups excluding carboxylic acids is 6. The van der Waals surface area contributed by atoms with Crippen LogP contribution in [0.4, 0.5) is 0 Å². The molecule has 382 valence electrons. The highest BCUT2D eigenvalue weighted by molar-refractivity contribution is 6.09. The molecule has 1 aromatic carbocycles. The second kappa shape index (κ2) is 19.9. The lowest BCUT2D eigenvalue weighted by atomic mass is 9.81. The largest absolute Gasteiger partial charge is 0.461 e. The molecule has 0 saturated carbocycles. The highest BCUT2D eigenvalue weighted by atomic mass is 16.6. The Kier molecular flexibility index (Phi) is 16.1. The van der Waals surface area contributed by atoms with Crippen LogP contribution in [0.1, 0.15) is 183 Å². The number of hydrogen-bond donors (Lipinski definition) is 4. The molecule has 0 unspecified atom stereocenters. The Bertz CT molecular complexity index is 1740. The SMILES string of the molecule is CC1(C)CC(OC(=O)CN(CC(=O)OC2CC(C)(C)NC(C)(C)C2)C(=O)c2ccccc2C(=O)N(CC(=O)OC2CC(C)(C)NC(C)(C)C2)CC(=O)OC2CC(C)(C)NC(C)(C)C2)CC(C)(C)N1. The van der Waals surface area contributed by atoms with Crippen molar-refractivity contribution in [3.05, 3.63) is 35.4 Å². The minimum Gasteiger partial charge on any atom is -0.461 e. The van der Waals surface area contributed by atoms with Gasteiger partial charge in [-0.1, -0.05) is 12.1 Å². The lowest BCUT2D eigenvalue weighted by molar-refractivity contribution is -0.159. The zero-order valence-electron chi connectivity index (χ0n) is 44.1. The molecule has 0 aliphatic carbocycles. The Morgan fingerprint density at radius 2 is 0.559 bits per heavy atom. The summed E-state index contributed by atoms with van der Waals surface area (Å²) in [5.74, 6) is -4.53. The number of hydrogen-bond acceptors (Lipinski definition) is 14. The van der Waals surface area contributed by atoms with Crippen molar-refractivity contribution in [3.63, 3.8) is 0 Å². The van der Waals surface area contributed by atoms with E-state index in [1.54, 1.807) is 12.1 Å². The molecule has 16 nitrogen and oxygen atoms in total. The minimum atomic E-state index is -0.816. The first-order valence-electron chi connectivity index (χ1n) is 24.5. The number of esters is 4. The zero-order chi connectivity index (χ0) is 51.1. The molecule has 68 heavy (non-hydrogen) atoms. The maximum atomic E-state index is 14.9. The number of rotatable bonds is 14. The van der Waals surface area contributed by atoms with Crippen molar-refractivity contribution >= 4 is 35.7 Å². The van der Waals surface area contributed by atoms with E-state index in [1.807, 2.05) is 111 Å². The van der Waals surface area contributed by atoms with E-state index in [4.69, 9.17) is 18.9 Å². The summed E-state index contributed by atoms with van der Waals surface area (Å²) in [4.78, 5) is 87.5. The lowest BCUT2D eigenvalue weighted by Gasteiger charge is -2.46.